The Morgan fingerprint density at radius 3 is 2.79 bits per heavy atom. The smallest absolute Gasteiger partial charge is 0.261 e. The van der Waals surface area contributed by atoms with Crippen molar-refractivity contribution in [2.45, 2.75) is 44.6 Å². The van der Waals surface area contributed by atoms with E-state index in [0.29, 0.717) is 6.54 Å². The maximum Gasteiger partial charge on any atom is 0.261 e. The van der Waals surface area contributed by atoms with Gasteiger partial charge in [0, 0.05) is 12.6 Å². The Labute approximate surface area is 119 Å². The van der Waals surface area contributed by atoms with Crippen LogP contribution in [0.2, 0.25) is 0 Å². The lowest BCUT2D eigenvalue weighted by atomic mass is 9.99. The van der Waals surface area contributed by atoms with E-state index in [1.807, 2.05) is 4.90 Å². The molecule has 2 N–H and O–H groups in total. The van der Waals surface area contributed by atoms with E-state index in [0.717, 1.165) is 32.2 Å². The van der Waals surface area contributed by atoms with E-state index < -0.39 is 13.0 Å². The molecule has 1 rings (SSSR count). The first-order chi connectivity index (χ1) is 8.65. The Morgan fingerprint density at radius 2 is 2.16 bits per heavy atom. The summed E-state index contributed by atoms with van der Waals surface area (Å²) in [5, 5.41) is 0. The van der Waals surface area contributed by atoms with Crippen LogP contribution in [-0.2, 0) is 9.53 Å². The van der Waals surface area contributed by atoms with Crippen LogP contribution < -0.4 is 5.73 Å². The molecule has 114 valence electrons. The van der Waals surface area contributed by atoms with Crippen LogP contribution in [0.1, 0.15) is 32.1 Å². The summed E-state index contributed by atoms with van der Waals surface area (Å²) in [6.07, 6.45) is 1.62. The molecule has 0 aromatic rings. The van der Waals surface area contributed by atoms with Gasteiger partial charge >= 0.3 is 0 Å². The molecule has 0 aromatic heterocycles. The van der Waals surface area contributed by atoms with Gasteiger partial charge in [0.15, 0.2) is 0 Å². The van der Waals surface area contributed by atoms with Crippen molar-refractivity contribution in [2.24, 2.45) is 5.73 Å². The molecule has 0 bridgehead atoms. The van der Waals surface area contributed by atoms with Gasteiger partial charge in [-0.25, -0.2) is 8.78 Å². The lowest BCUT2D eigenvalue weighted by molar-refractivity contribution is -0.136. The maximum absolute atomic E-state index is 11.9. The average molecular weight is 301 g/mol. The molecular formula is C12H23ClF2N2O2. The second-order valence-corrected chi connectivity index (χ2v) is 4.53. The van der Waals surface area contributed by atoms with Gasteiger partial charge < -0.3 is 15.4 Å². The number of amides is 1. The first kappa shape index (κ1) is 18.5. The van der Waals surface area contributed by atoms with Gasteiger partial charge in [0.1, 0.15) is 6.61 Å². The van der Waals surface area contributed by atoms with Crippen molar-refractivity contribution in [3.63, 3.8) is 0 Å². The third kappa shape index (κ3) is 7.03. The first-order valence-electron chi connectivity index (χ1n) is 6.50. The Kier molecular flexibility index (Phi) is 10.1. The molecule has 1 amide bonds. The minimum atomic E-state index is -2.47. The number of hydrogen-bond donors (Lipinski definition) is 1. The van der Waals surface area contributed by atoms with E-state index in [9.17, 15) is 13.6 Å². The van der Waals surface area contributed by atoms with Crippen LogP contribution in [0, 0.1) is 0 Å². The van der Waals surface area contributed by atoms with Crippen molar-refractivity contribution >= 4 is 18.3 Å². The van der Waals surface area contributed by atoms with Crippen LogP contribution in [0.5, 0.6) is 0 Å². The molecule has 7 heteroatoms. The monoisotopic (exact) mass is 300 g/mol. The number of ether oxygens (including phenoxy) is 1. The van der Waals surface area contributed by atoms with Gasteiger partial charge in [-0.05, 0) is 32.2 Å². The molecule has 0 aromatic carbocycles. The van der Waals surface area contributed by atoms with Gasteiger partial charge in [-0.2, -0.15) is 0 Å². The topological polar surface area (TPSA) is 55.6 Å². The van der Waals surface area contributed by atoms with Gasteiger partial charge in [-0.3, -0.25) is 4.79 Å². The molecule has 1 fully saturated rings. The van der Waals surface area contributed by atoms with Crippen molar-refractivity contribution in [3.8, 4) is 0 Å². The second-order valence-electron chi connectivity index (χ2n) is 4.53. The van der Waals surface area contributed by atoms with E-state index in [1.54, 1.807) is 0 Å². The second kappa shape index (κ2) is 10.3. The fraction of sp³-hybridized carbons (Fsp3) is 0.917. The molecule has 1 heterocycles. The summed E-state index contributed by atoms with van der Waals surface area (Å²) in [6.45, 7) is 0.781. The van der Waals surface area contributed by atoms with Crippen molar-refractivity contribution in [3.05, 3.63) is 0 Å². The lowest BCUT2D eigenvalue weighted by Crippen LogP contribution is -2.44. The molecule has 1 unspecified atom stereocenters. The first-order valence-corrected chi connectivity index (χ1v) is 6.50. The zero-order valence-electron chi connectivity index (χ0n) is 11.0. The van der Waals surface area contributed by atoms with Gasteiger partial charge in [-0.15, -0.1) is 12.4 Å². The Bertz CT molecular complexity index is 256. The number of nitrogens with zero attached hydrogens (tertiary/aromatic N) is 1. The zero-order valence-corrected chi connectivity index (χ0v) is 11.8. The summed E-state index contributed by atoms with van der Waals surface area (Å²) >= 11 is 0. The number of carbonyl (C=O) groups is 1. The van der Waals surface area contributed by atoms with Crippen LogP contribution in [0.15, 0.2) is 0 Å². The summed E-state index contributed by atoms with van der Waals surface area (Å²) < 4.78 is 28.4. The number of piperidine rings is 1. The normalized spacial score (nSPS) is 19.4. The number of hydrogen-bond acceptors (Lipinski definition) is 3. The quantitative estimate of drug-likeness (QED) is 0.730. The summed E-state index contributed by atoms with van der Waals surface area (Å²) in [4.78, 5) is 13.8. The van der Waals surface area contributed by atoms with Gasteiger partial charge in [0.05, 0.1) is 13.0 Å². The van der Waals surface area contributed by atoms with E-state index in [4.69, 9.17) is 10.5 Å². The Morgan fingerprint density at radius 1 is 1.42 bits per heavy atom. The van der Waals surface area contributed by atoms with Crippen LogP contribution >= 0.6 is 12.4 Å². The predicted octanol–water partition coefficient (Wildman–Crippen LogP) is 1.81. The third-order valence-corrected chi connectivity index (χ3v) is 3.15. The molecule has 19 heavy (non-hydrogen) atoms. The summed E-state index contributed by atoms with van der Waals surface area (Å²) in [7, 11) is 0. The number of carbonyl (C=O) groups excluding carboxylic acids is 1. The highest BCUT2D eigenvalue weighted by Crippen LogP contribution is 2.20. The molecule has 1 aliphatic heterocycles. The number of halogens is 3. The Hall–Kier alpha value is -0.460. The fourth-order valence-electron chi connectivity index (χ4n) is 2.30. The fourth-order valence-corrected chi connectivity index (χ4v) is 2.30. The van der Waals surface area contributed by atoms with Crippen molar-refractivity contribution < 1.29 is 18.3 Å². The maximum atomic E-state index is 11.9. The number of likely N-dealkylation sites (tertiary alicyclic amines) is 1. The number of rotatable bonds is 7. The molecule has 4 nitrogen and oxygen atoms in total. The van der Waals surface area contributed by atoms with E-state index in [1.165, 1.54) is 0 Å². The zero-order chi connectivity index (χ0) is 13.4. The minimum Gasteiger partial charge on any atom is -0.375 e. The largest absolute Gasteiger partial charge is 0.375 e. The number of nitrogens with two attached hydrogens (primary N) is 1. The molecule has 0 aliphatic carbocycles. The van der Waals surface area contributed by atoms with Crippen LogP contribution in [0.4, 0.5) is 8.78 Å². The lowest BCUT2D eigenvalue weighted by Gasteiger charge is -2.35. The molecule has 0 saturated carbocycles. The van der Waals surface area contributed by atoms with E-state index >= 15 is 0 Å². The highest BCUT2D eigenvalue weighted by Gasteiger charge is 2.25. The summed E-state index contributed by atoms with van der Waals surface area (Å²) in [6, 6.07) is 0.214. The third-order valence-electron chi connectivity index (χ3n) is 3.15. The predicted molar refractivity (Wildman–Crippen MR) is 71.7 cm³/mol. The minimum absolute atomic E-state index is 0. The highest BCUT2D eigenvalue weighted by atomic mass is 35.5. The molecule has 1 atom stereocenters. The average Bonchev–Trinajstić information content (AvgIpc) is 2.35. The van der Waals surface area contributed by atoms with Gasteiger partial charge in [-0.1, -0.05) is 0 Å². The van der Waals surface area contributed by atoms with Crippen LogP contribution in [-0.4, -0.2) is 49.6 Å². The standard InChI is InChI=1S/C12H22F2N2O2.ClH/c13-11(14)9-18-8-5-12(17)16-7-2-1-3-10(16)4-6-15;/h10-11H,1-9,15H2;1H. The van der Waals surface area contributed by atoms with E-state index in [2.05, 4.69) is 0 Å². The highest BCUT2D eigenvalue weighted by molar-refractivity contribution is 5.85. The van der Waals surface area contributed by atoms with Crippen molar-refractivity contribution in [1.29, 1.82) is 0 Å². The summed E-state index contributed by atoms with van der Waals surface area (Å²) in [5.41, 5.74) is 5.53. The molecule has 1 aliphatic rings. The Balaban J connectivity index is 0.00000324. The van der Waals surface area contributed by atoms with Crippen molar-refractivity contribution in [2.75, 3.05) is 26.3 Å². The van der Waals surface area contributed by atoms with Crippen LogP contribution in [0.3, 0.4) is 0 Å². The summed E-state index contributed by atoms with van der Waals surface area (Å²) in [5.74, 6) is -0.0117. The molecule has 1 saturated heterocycles. The SMILES string of the molecule is Cl.NCCC1CCCCN1C(=O)CCOCC(F)F. The van der Waals surface area contributed by atoms with Gasteiger partial charge in [0.25, 0.3) is 6.43 Å². The van der Waals surface area contributed by atoms with Gasteiger partial charge in [0.2, 0.25) is 5.91 Å². The molecule has 0 spiro atoms. The number of alkyl halides is 2. The molecular weight excluding hydrogens is 278 g/mol. The van der Waals surface area contributed by atoms with Crippen LogP contribution in [0.25, 0.3) is 0 Å². The van der Waals surface area contributed by atoms with Crippen molar-refractivity contribution in [1.82, 2.24) is 4.90 Å². The van der Waals surface area contributed by atoms with E-state index in [-0.39, 0.29) is 37.4 Å². The molecule has 0 radical (unpaired) electrons.